The third kappa shape index (κ3) is 9.06. The van der Waals surface area contributed by atoms with E-state index < -0.39 is 17.4 Å². The number of hydrogen-bond acceptors (Lipinski definition) is 6. The second kappa shape index (κ2) is 16.7. The van der Waals surface area contributed by atoms with Gasteiger partial charge in [0.25, 0.3) is 5.91 Å². The van der Waals surface area contributed by atoms with Gasteiger partial charge < -0.3 is 30.6 Å². The number of allylic oxidation sites excluding steroid dienone is 3. The lowest BCUT2D eigenvalue weighted by Gasteiger charge is -2.28. The summed E-state index contributed by atoms with van der Waals surface area (Å²) in [6.07, 6.45) is 11.1. The third-order valence-electron chi connectivity index (χ3n) is 8.94. The number of nitrogens with zero attached hydrogens (tertiary/aromatic N) is 2. The van der Waals surface area contributed by atoms with Gasteiger partial charge in [0, 0.05) is 43.2 Å². The second-order valence-corrected chi connectivity index (χ2v) is 12.9. The highest BCUT2D eigenvalue weighted by atomic mass is 16.3. The smallest absolute Gasteiger partial charge is 0.264 e. The lowest BCUT2D eigenvalue weighted by Crippen LogP contribution is -2.44. The average molecular weight is 643 g/mol. The predicted octanol–water partition coefficient (Wildman–Crippen LogP) is 5.21. The molecule has 0 aromatic heterocycles. The van der Waals surface area contributed by atoms with E-state index in [1.165, 1.54) is 5.57 Å². The standard InChI is InChI=1S/C38H50N4O5/c1-27(2)11-8-12-28(3)20-22-42-34-19-18-31(40-36(45)33-16-10-21-39-33)25-32(34)38(47,37(42)46)29(4)13-9-17-35(44)41(23-24-43)26-30-14-6-5-7-15-30/h5-7,9,11,13-15,18-20,25,29,33,39,43,47H,8,10,12,16-17,21-24,26H2,1-4H3,(H,40,45)/b13-9+,28-20+/t29-,33+,38+/m0/s1. The van der Waals surface area contributed by atoms with Crippen LogP contribution < -0.4 is 15.5 Å². The normalized spacial score (nSPS) is 20.0. The zero-order chi connectivity index (χ0) is 34.0. The van der Waals surface area contributed by atoms with Crippen molar-refractivity contribution >= 4 is 29.1 Å². The van der Waals surface area contributed by atoms with Gasteiger partial charge in [-0.2, -0.15) is 0 Å². The van der Waals surface area contributed by atoms with Crippen LogP contribution in [-0.2, 0) is 26.5 Å². The summed E-state index contributed by atoms with van der Waals surface area (Å²) in [7, 11) is 0. The van der Waals surface area contributed by atoms with Gasteiger partial charge in [0.2, 0.25) is 11.8 Å². The molecule has 0 unspecified atom stereocenters. The van der Waals surface area contributed by atoms with Crippen LogP contribution in [0.2, 0.25) is 0 Å². The maximum absolute atomic E-state index is 14.1. The Morgan fingerprint density at radius 2 is 1.91 bits per heavy atom. The van der Waals surface area contributed by atoms with Crippen LogP contribution in [0.3, 0.4) is 0 Å². The second-order valence-electron chi connectivity index (χ2n) is 12.9. The molecule has 9 nitrogen and oxygen atoms in total. The summed E-state index contributed by atoms with van der Waals surface area (Å²) in [6, 6.07) is 14.6. The maximum atomic E-state index is 14.1. The zero-order valence-electron chi connectivity index (χ0n) is 28.2. The first-order valence-electron chi connectivity index (χ1n) is 16.7. The Labute approximate surface area is 279 Å². The fraction of sp³-hybridized carbons (Fsp3) is 0.447. The van der Waals surface area contributed by atoms with Gasteiger partial charge in [-0.05, 0) is 76.8 Å². The van der Waals surface area contributed by atoms with Crippen LogP contribution >= 0.6 is 0 Å². The van der Waals surface area contributed by atoms with Crippen LogP contribution in [0.15, 0.2) is 84.0 Å². The maximum Gasteiger partial charge on any atom is 0.264 e. The number of carbonyl (C=O) groups is 3. The number of rotatable bonds is 15. The molecule has 3 amide bonds. The number of amides is 3. The first-order chi connectivity index (χ1) is 22.5. The number of aliphatic hydroxyl groups excluding tert-OH is 1. The van der Waals surface area contributed by atoms with Crippen molar-refractivity contribution < 1.29 is 24.6 Å². The average Bonchev–Trinajstić information content (AvgIpc) is 3.66. The number of fused-ring (bicyclic) bond motifs is 1. The number of carbonyl (C=O) groups excluding carboxylic acids is 3. The summed E-state index contributed by atoms with van der Waals surface area (Å²) in [5.74, 6) is -1.44. The van der Waals surface area contributed by atoms with E-state index in [9.17, 15) is 24.6 Å². The summed E-state index contributed by atoms with van der Waals surface area (Å²) in [6.45, 7) is 9.47. The van der Waals surface area contributed by atoms with Crippen LogP contribution in [0.25, 0.3) is 0 Å². The Kier molecular flexibility index (Phi) is 12.7. The number of nitrogens with one attached hydrogen (secondary N) is 2. The highest BCUT2D eigenvalue weighted by molar-refractivity contribution is 6.08. The van der Waals surface area contributed by atoms with E-state index in [0.29, 0.717) is 30.0 Å². The van der Waals surface area contributed by atoms with Crippen LogP contribution in [-0.4, -0.2) is 65.1 Å². The third-order valence-corrected chi connectivity index (χ3v) is 8.94. The van der Waals surface area contributed by atoms with Gasteiger partial charge in [-0.3, -0.25) is 14.4 Å². The van der Waals surface area contributed by atoms with Crippen LogP contribution in [0.1, 0.15) is 70.9 Å². The van der Waals surface area contributed by atoms with Gasteiger partial charge >= 0.3 is 0 Å². The molecule has 0 spiro atoms. The first kappa shape index (κ1) is 35.8. The molecule has 2 aromatic carbocycles. The molecule has 0 aliphatic carbocycles. The fourth-order valence-corrected chi connectivity index (χ4v) is 6.14. The molecule has 1 saturated heterocycles. The summed E-state index contributed by atoms with van der Waals surface area (Å²) in [5, 5.41) is 27.9. The monoisotopic (exact) mass is 642 g/mol. The van der Waals surface area contributed by atoms with Gasteiger partial charge in [-0.15, -0.1) is 0 Å². The molecular formula is C38H50N4O5. The van der Waals surface area contributed by atoms with Crippen LogP contribution in [0.4, 0.5) is 11.4 Å². The molecule has 2 aliphatic rings. The number of aliphatic hydroxyl groups is 2. The Hall–Kier alpha value is -4.05. The number of anilines is 2. The van der Waals surface area contributed by atoms with Crippen LogP contribution in [0.5, 0.6) is 0 Å². The zero-order valence-corrected chi connectivity index (χ0v) is 28.2. The lowest BCUT2D eigenvalue weighted by molar-refractivity contribution is -0.139. The molecule has 3 atom stereocenters. The van der Waals surface area contributed by atoms with Gasteiger partial charge in [-0.1, -0.05) is 72.7 Å². The highest BCUT2D eigenvalue weighted by Crippen LogP contribution is 2.46. The van der Waals surface area contributed by atoms with E-state index in [4.69, 9.17) is 0 Å². The number of benzene rings is 2. The van der Waals surface area contributed by atoms with Gasteiger partial charge in [0.1, 0.15) is 0 Å². The van der Waals surface area contributed by atoms with E-state index in [1.54, 1.807) is 47.1 Å². The van der Waals surface area contributed by atoms with Crippen LogP contribution in [0, 0.1) is 5.92 Å². The van der Waals surface area contributed by atoms with Crippen molar-refractivity contribution in [3.8, 4) is 0 Å². The lowest BCUT2D eigenvalue weighted by atomic mass is 9.82. The molecule has 1 fully saturated rings. The first-order valence-corrected chi connectivity index (χ1v) is 16.7. The van der Waals surface area contributed by atoms with E-state index in [1.807, 2.05) is 43.3 Å². The minimum Gasteiger partial charge on any atom is -0.395 e. The fourth-order valence-electron chi connectivity index (χ4n) is 6.14. The van der Waals surface area contributed by atoms with Crippen molar-refractivity contribution in [1.29, 1.82) is 0 Å². The van der Waals surface area contributed by atoms with E-state index in [2.05, 4.69) is 30.6 Å². The largest absolute Gasteiger partial charge is 0.395 e. The molecule has 4 N–H and O–H groups in total. The molecule has 2 heterocycles. The van der Waals surface area contributed by atoms with Crippen molar-refractivity contribution in [1.82, 2.24) is 10.2 Å². The molecule has 0 bridgehead atoms. The summed E-state index contributed by atoms with van der Waals surface area (Å²) >= 11 is 0. The number of hydrogen-bond donors (Lipinski definition) is 4. The molecule has 9 heteroatoms. The van der Waals surface area contributed by atoms with Crippen molar-refractivity contribution in [2.75, 3.05) is 36.5 Å². The summed E-state index contributed by atoms with van der Waals surface area (Å²) < 4.78 is 0. The Bertz CT molecular complexity index is 1490. The molecular weight excluding hydrogens is 592 g/mol. The van der Waals surface area contributed by atoms with Crippen molar-refractivity contribution in [2.45, 2.75) is 78.0 Å². The Balaban J connectivity index is 1.55. The van der Waals surface area contributed by atoms with E-state index >= 15 is 0 Å². The Morgan fingerprint density at radius 1 is 1.15 bits per heavy atom. The SMILES string of the molecule is CC(C)=CCC/C(C)=C/CN1C(=O)[C@@](O)([C@@H](C)/C=C/CC(=O)N(CCO)Cc2ccccc2)c2cc(NC(=O)[C@H]3CCCN3)ccc21. The predicted molar refractivity (Wildman–Crippen MR) is 187 cm³/mol. The summed E-state index contributed by atoms with van der Waals surface area (Å²) in [4.78, 5) is 43.3. The van der Waals surface area contributed by atoms with E-state index in [-0.39, 0.29) is 37.4 Å². The summed E-state index contributed by atoms with van der Waals surface area (Å²) in [5.41, 5.74) is 2.99. The minimum atomic E-state index is -1.90. The van der Waals surface area contributed by atoms with Crippen molar-refractivity contribution in [3.05, 3.63) is 95.1 Å². The minimum absolute atomic E-state index is 0.0517. The molecule has 252 valence electrons. The highest BCUT2D eigenvalue weighted by Gasteiger charge is 2.52. The molecule has 4 rings (SSSR count). The van der Waals surface area contributed by atoms with Gasteiger partial charge in [0.05, 0.1) is 18.3 Å². The quantitative estimate of drug-likeness (QED) is 0.198. The molecule has 2 aromatic rings. The molecule has 47 heavy (non-hydrogen) atoms. The Morgan fingerprint density at radius 3 is 2.60 bits per heavy atom. The van der Waals surface area contributed by atoms with Gasteiger partial charge in [0.15, 0.2) is 5.60 Å². The molecule has 0 saturated carbocycles. The topological polar surface area (TPSA) is 122 Å². The van der Waals surface area contributed by atoms with Crippen molar-refractivity contribution in [2.24, 2.45) is 5.92 Å². The van der Waals surface area contributed by atoms with Crippen molar-refractivity contribution in [3.63, 3.8) is 0 Å². The molecule has 0 radical (unpaired) electrons. The van der Waals surface area contributed by atoms with Gasteiger partial charge in [-0.25, -0.2) is 0 Å². The molecule has 2 aliphatic heterocycles. The van der Waals surface area contributed by atoms with E-state index in [0.717, 1.165) is 43.4 Å².